The van der Waals surface area contributed by atoms with Crippen LogP contribution in [-0.2, 0) is 9.53 Å². The van der Waals surface area contributed by atoms with Crippen LogP contribution in [0.25, 0.3) is 5.69 Å². The molecular formula is C19H22N4O5. The van der Waals surface area contributed by atoms with E-state index in [0.717, 1.165) is 0 Å². The van der Waals surface area contributed by atoms with Crippen LogP contribution in [0.2, 0.25) is 0 Å². The van der Waals surface area contributed by atoms with Crippen molar-refractivity contribution < 1.29 is 24.2 Å². The number of carbonyl (C=O) groups excluding carboxylic acids is 2. The third-order valence-electron chi connectivity index (χ3n) is 4.74. The highest BCUT2D eigenvalue weighted by atomic mass is 16.5. The van der Waals surface area contributed by atoms with Crippen LogP contribution in [0.3, 0.4) is 0 Å². The van der Waals surface area contributed by atoms with Gasteiger partial charge in [0, 0.05) is 19.3 Å². The normalized spacial score (nSPS) is 18.7. The zero-order chi connectivity index (χ0) is 20.3. The van der Waals surface area contributed by atoms with E-state index in [1.807, 2.05) is 0 Å². The summed E-state index contributed by atoms with van der Waals surface area (Å²) in [6.07, 6.45) is 2.01. The molecule has 1 unspecified atom stereocenters. The number of carbonyl (C=O) groups is 3. The number of benzene rings is 1. The van der Waals surface area contributed by atoms with Gasteiger partial charge in [-0.05, 0) is 38.5 Å². The first kappa shape index (κ1) is 19.4. The van der Waals surface area contributed by atoms with Gasteiger partial charge < -0.3 is 20.1 Å². The summed E-state index contributed by atoms with van der Waals surface area (Å²) in [5.74, 6) is -1.43. The maximum Gasteiger partial charge on any atom is 0.358 e. The molecule has 28 heavy (non-hydrogen) atoms. The lowest BCUT2D eigenvalue weighted by Gasteiger charge is -2.21. The fourth-order valence-corrected chi connectivity index (χ4v) is 3.05. The van der Waals surface area contributed by atoms with Gasteiger partial charge in [-0.2, -0.15) is 5.10 Å². The highest BCUT2D eigenvalue weighted by Crippen LogP contribution is 2.31. The Hall–Kier alpha value is -3.36. The summed E-state index contributed by atoms with van der Waals surface area (Å²) >= 11 is 0. The second-order valence-electron chi connectivity index (χ2n) is 6.85. The third kappa shape index (κ3) is 3.83. The number of nitrogens with zero attached hydrogens (tertiary/aromatic N) is 3. The maximum absolute atomic E-state index is 12.6. The quantitative estimate of drug-likeness (QED) is 0.763. The second-order valence-corrected chi connectivity index (χ2v) is 6.85. The molecule has 2 aromatic rings. The number of anilines is 1. The zero-order valence-electron chi connectivity index (χ0n) is 15.7. The van der Waals surface area contributed by atoms with E-state index in [2.05, 4.69) is 10.4 Å². The number of amides is 2. The number of rotatable bonds is 5. The number of para-hydroxylation sites is 2. The van der Waals surface area contributed by atoms with Gasteiger partial charge in [-0.15, -0.1) is 0 Å². The van der Waals surface area contributed by atoms with Crippen molar-refractivity contribution in [2.24, 2.45) is 5.41 Å². The molecule has 9 heteroatoms. The van der Waals surface area contributed by atoms with E-state index < -0.39 is 17.4 Å². The molecule has 1 aromatic carbocycles. The third-order valence-corrected chi connectivity index (χ3v) is 4.74. The number of nitrogens with one attached hydrogen (secondary N) is 1. The number of urea groups is 1. The Kier molecular flexibility index (Phi) is 5.34. The van der Waals surface area contributed by atoms with Gasteiger partial charge in [0.2, 0.25) is 0 Å². The standard InChI is InChI=1S/C19H22N4O5/c1-3-28-16(24)14-8-10-23(21-14)15-7-5-4-6-13(15)20-18(27)22-11-9-19(2,12-22)17(25)26/h4-8,10H,3,9,11-12H2,1-2H3,(H,20,27)(H,25,26). The molecule has 3 rings (SSSR count). The van der Waals surface area contributed by atoms with Gasteiger partial charge in [0.1, 0.15) is 0 Å². The van der Waals surface area contributed by atoms with Crippen LogP contribution in [0, 0.1) is 5.41 Å². The fourth-order valence-electron chi connectivity index (χ4n) is 3.05. The Morgan fingerprint density at radius 2 is 2.04 bits per heavy atom. The van der Waals surface area contributed by atoms with Crippen LogP contribution in [0.5, 0.6) is 0 Å². The maximum atomic E-state index is 12.6. The zero-order valence-corrected chi connectivity index (χ0v) is 15.7. The van der Waals surface area contributed by atoms with Crippen molar-refractivity contribution >= 4 is 23.7 Å². The van der Waals surface area contributed by atoms with Crippen molar-refractivity contribution in [3.63, 3.8) is 0 Å². The molecule has 1 aromatic heterocycles. The number of ether oxygens (including phenoxy) is 1. The van der Waals surface area contributed by atoms with Crippen molar-refractivity contribution in [3.8, 4) is 5.69 Å². The van der Waals surface area contributed by atoms with E-state index in [1.54, 1.807) is 44.3 Å². The van der Waals surface area contributed by atoms with Gasteiger partial charge in [-0.1, -0.05) is 12.1 Å². The first-order valence-electron chi connectivity index (χ1n) is 8.95. The fraction of sp³-hybridized carbons (Fsp3) is 0.368. The largest absolute Gasteiger partial charge is 0.481 e. The molecule has 2 amide bonds. The van der Waals surface area contributed by atoms with Gasteiger partial charge in [0.15, 0.2) is 5.69 Å². The first-order valence-corrected chi connectivity index (χ1v) is 8.95. The summed E-state index contributed by atoms with van der Waals surface area (Å²) in [7, 11) is 0. The number of hydrogen-bond acceptors (Lipinski definition) is 5. The van der Waals surface area contributed by atoms with Crippen LogP contribution in [0.4, 0.5) is 10.5 Å². The van der Waals surface area contributed by atoms with E-state index in [0.29, 0.717) is 24.3 Å². The number of likely N-dealkylation sites (tertiary alicyclic amines) is 1. The topological polar surface area (TPSA) is 114 Å². The predicted molar refractivity (Wildman–Crippen MR) is 100 cm³/mol. The molecule has 1 fully saturated rings. The molecule has 1 atom stereocenters. The lowest BCUT2D eigenvalue weighted by molar-refractivity contribution is -0.146. The minimum absolute atomic E-state index is 0.144. The van der Waals surface area contributed by atoms with E-state index >= 15 is 0 Å². The summed E-state index contributed by atoms with van der Waals surface area (Å²) in [5.41, 5.74) is 0.300. The number of carboxylic acids is 1. The highest BCUT2D eigenvalue weighted by molar-refractivity contribution is 5.92. The first-order chi connectivity index (χ1) is 13.3. The molecular weight excluding hydrogens is 364 g/mol. The van der Waals surface area contributed by atoms with Crippen LogP contribution in [-0.4, -0.2) is 57.5 Å². The van der Waals surface area contributed by atoms with E-state index in [4.69, 9.17) is 4.74 Å². The average Bonchev–Trinajstić information content (AvgIpc) is 3.30. The lowest BCUT2D eigenvalue weighted by atomic mass is 9.90. The van der Waals surface area contributed by atoms with Crippen molar-refractivity contribution in [2.45, 2.75) is 20.3 Å². The van der Waals surface area contributed by atoms with Crippen molar-refractivity contribution in [2.75, 3.05) is 25.0 Å². The SMILES string of the molecule is CCOC(=O)c1ccn(-c2ccccc2NC(=O)N2CCC(C)(C(=O)O)C2)n1. The highest BCUT2D eigenvalue weighted by Gasteiger charge is 2.42. The summed E-state index contributed by atoms with van der Waals surface area (Å²) in [6, 6.07) is 8.17. The van der Waals surface area contributed by atoms with Crippen LogP contribution < -0.4 is 5.32 Å². The molecule has 1 aliphatic heterocycles. The van der Waals surface area contributed by atoms with E-state index in [9.17, 15) is 19.5 Å². The monoisotopic (exact) mass is 386 g/mol. The molecule has 1 saturated heterocycles. The average molecular weight is 386 g/mol. The number of aromatic nitrogens is 2. The minimum atomic E-state index is -0.937. The summed E-state index contributed by atoms with van der Waals surface area (Å²) in [4.78, 5) is 37.3. The number of aliphatic carboxylic acids is 1. The molecule has 0 saturated carbocycles. The van der Waals surface area contributed by atoms with Crippen LogP contribution in [0.15, 0.2) is 36.5 Å². The molecule has 0 spiro atoms. The van der Waals surface area contributed by atoms with Crippen molar-refractivity contribution in [3.05, 3.63) is 42.2 Å². The summed E-state index contributed by atoms with van der Waals surface area (Å²) < 4.78 is 6.42. The van der Waals surface area contributed by atoms with Gasteiger partial charge in [-0.3, -0.25) is 4.79 Å². The molecule has 2 heterocycles. The molecule has 0 radical (unpaired) electrons. The molecule has 0 aliphatic carbocycles. The smallest absolute Gasteiger partial charge is 0.358 e. The molecule has 148 valence electrons. The van der Waals surface area contributed by atoms with Crippen molar-refractivity contribution in [1.82, 2.24) is 14.7 Å². The van der Waals surface area contributed by atoms with Crippen molar-refractivity contribution in [1.29, 1.82) is 0 Å². The Bertz CT molecular complexity index is 909. The van der Waals surface area contributed by atoms with E-state index in [-0.39, 0.29) is 24.9 Å². The number of hydrogen-bond donors (Lipinski definition) is 2. The van der Waals surface area contributed by atoms with Gasteiger partial charge in [0.25, 0.3) is 0 Å². The minimum Gasteiger partial charge on any atom is -0.481 e. The van der Waals surface area contributed by atoms with Gasteiger partial charge in [0.05, 0.1) is 23.4 Å². The second kappa shape index (κ2) is 7.71. The predicted octanol–water partition coefficient (Wildman–Crippen LogP) is 2.38. The number of carboxylic acid groups (broad SMARTS) is 1. The molecule has 9 nitrogen and oxygen atoms in total. The number of esters is 1. The molecule has 2 N–H and O–H groups in total. The van der Waals surface area contributed by atoms with Gasteiger partial charge in [-0.25, -0.2) is 14.3 Å². The molecule has 1 aliphatic rings. The Balaban J connectivity index is 1.77. The summed E-state index contributed by atoms with van der Waals surface area (Å²) in [6.45, 7) is 4.12. The summed E-state index contributed by atoms with van der Waals surface area (Å²) in [5, 5.41) is 16.4. The van der Waals surface area contributed by atoms with Crippen LogP contribution in [0.1, 0.15) is 30.8 Å². The lowest BCUT2D eigenvalue weighted by Crippen LogP contribution is -2.37. The van der Waals surface area contributed by atoms with Gasteiger partial charge >= 0.3 is 18.0 Å². The Morgan fingerprint density at radius 1 is 1.29 bits per heavy atom. The van der Waals surface area contributed by atoms with E-state index in [1.165, 1.54) is 15.6 Å². The van der Waals surface area contributed by atoms with Crippen LogP contribution >= 0.6 is 0 Å². The Labute approximate surface area is 161 Å². The Morgan fingerprint density at radius 3 is 2.71 bits per heavy atom. The molecule has 0 bridgehead atoms.